The second kappa shape index (κ2) is 7.29. The van der Waals surface area contributed by atoms with Crippen LogP contribution in [0.3, 0.4) is 0 Å². The summed E-state index contributed by atoms with van der Waals surface area (Å²) in [4.78, 5) is 0.222. The van der Waals surface area contributed by atoms with E-state index < -0.39 is 10.0 Å². The minimum Gasteiger partial charge on any atom is -0.263 e. The number of benzene rings is 3. The zero-order valence-corrected chi connectivity index (χ0v) is 18.4. The van der Waals surface area contributed by atoms with Gasteiger partial charge in [0.1, 0.15) is 5.82 Å². The van der Waals surface area contributed by atoms with Crippen molar-refractivity contribution in [3.8, 4) is 5.69 Å². The lowest BCUT2D eigenvalue weighted by Crippen LogP contribution is -2.17. The summed E-state index contributed by atoms with van der Waals surface area (Å²) in [6.45, 7) is 8.13. The summed E-state index contributed by atoms with van der Waals surface area (Å²) in [5.41, 5.74) is 2.56. The second-order valence-corrected chi connectivity index (χ2v) is 10.2. The number of fused-ring (bicyclic) bond motifs is 1. The lowest BCUT2D eigenvalue weighted by Gasteiger charge is -2.19. The summed E-state index contributed by atoms with van der Waals surface area (Å²) in [5.74, 6) is 0.405. The number of nitrogens with zero attached hydrogens (tertiary/aromatic N) is 2. The van der Waals surface area contributed by atoms with Gasteiger partial charge in [0.2, 0.25) is 0 Å². The molecular formula is C24H25N3O2S. The standard InChI is InChI=1S/C24H25N3O2S/c1-17-15-23(26-30(28,29)22-13-10-20(11-14-22)24(2,3)4)27(25-17)21-12-9-18-7-5-6-8-19(18)16-21/h5-16,26H,1-4H3. The van der Waals surface area contributed by atoms with Crippen molar-refractivity contribution in [3.63, 3.8) is 0 Å². The molecule has 4 rings (SSSR count). The molecule has 0 unspecified atom stereocenters. The van der Waals surface area contributed by atoms with E-state index in [4.69, 9.17) is 0 Å². The minimum absolute atomic E-state index is 0.0401. The Morgan fingerprint density at radius 3 is 2.20 bits per heavy atom. The van der Waals surface area contributed by atoms with Crippen LogP contribution in [0.5, 0.6) is 0 Å². The Labute approximate surface area is 177 Å². The van der Waals surface area contributed by atoms with Gasteiger partial charge in [0.05, 0.1) is 16.3 Å². The number of rotatable bonds is 4. The predicted molar refractivity (Wildman–Crippen MR) is 122 cm³/mol. The fourth-order valence-electron chi connectivity index (χ4n) is 3.41. The van der Waals surface area contributed by atoms with Crippen LogP contribution < -0.4 is 4.72 Å². The molecule has 154 valence electrons. The number of aromatic nitrogens is 2. The molecule has 1 N–H and O–H groups in total. The molecule has 1 heterocycles. The number of aryl methyl sites for hydroxylation is 1. The SMILES string of the molecule is Cc1cc(NS(=O)(=O)c2ccc(C(C)(C)C)cc2)n(-c2ccc3ccccc3c2)n1. The third-order valence-electron chi connectivity index (χ3n) is 5.08. The van der Waals surface area contributed by atoms with Crippen molar-refractivity contribution in [2.45, 2.75) is 38.0 Å². The number of hydrogen-bond donors (Lipinski definition) is 1. The van der Waals surface area contributed by atoms with Crippen molar-refractivity contribution in [1.82, 2.24) is 9.78 Å². The molecule has 0 aliphatic heterocycles. The van der Waals surface area contributed by atoms with Gasteiger partial charge in [-0.3, -0.25) is 4.72 Å². The zero-order chi connectivity index (χ0) is 21.5. The fourth-order valence-corrected chi connectivity index (χ4v) is 4.44. The van der Waals surface area contributed by atoms with Gasteiger partial charge in [0.15, 0.2) is 0 Å². The molecule has 0 radical (unpaired) electrons. The van der Waals surface area contributed by atoms with Crippen molar-refractivity contribution >= 4 is 26.6 Å². The molecule has 0 spiro atoms. The maximum Gasteiger partial charge on any atom is 0.263 e. The molecule has 1 aromatic heterocycles. The molecule has 0 aliphatic rings. The van der Waals surface area contributed by atoms with Crippen LogP contribution >= 0.6 is 0 Å². The Bertz CT molecular complexity index is 1310. The molecule has 0 amide bonds. The van der Waals surface area contributed by atoms with E-state index in [9.17, 15) is 8.42 Å². The highest BCUT2D eigenvalue weighted by Crippen LogP contribution is 2.26. The van der Waals surface area contributed by atoms with Gasteiger partial charge in [0.25, 0.3) is 10.0 Å². The number of anilines is 1. The fraction of sp³-hybridized carbons (Fsp3) is 0.208. The lowest BCUT2D eigenvalue weighted by molar-refractivity contribution is 0.587. The number of sulfonamides is 1. The summed E-state index contributed by atoms with van der Waals surface area (Å²) in [7, 11) is -3.75. The zero-order valence-electron chi connectivity index (χ0n) is 17.5. The van der Waals surface area contributed by atoms with Crippen molar-refractivity contribution in [2.75, 3.05) is 4.72 Å². The first-order chi connectivity index (χ1) is 14.1. The monoisotopic (exact) mass is 419 g/mol. The molecule has 30 heavy (non-hydrogen) atoms. The van der Waals surface area contributed by atoms with E-state index in [1.54, 1.807) is 22.9 Å². The van der Waals surface area contributed by atoms with E-state index in [2.05, 4.69) is 30.6 Å². The second-order valence-electron chi connectivity index (χ2n) is 8.49. The van der Waals surface area contributed by atoms with E-state index in [1.807, 2.05) is 61.5 Å². The summed E-state index contributed by atoms with van der Waals surface area (Å²) in [6, 6.07) is 22.7. The smallest absolute Gasteiger partial charge is 0.263 e. The van der Waals surface area contributed by atoms with Crippen molar-refractivity contribution < 1.29 is 8.42 Å². The first-order valence-corrected chi connectivity index (χ1v) is 11.3. The Hall–Kier alpha value is -3.12. The van der Waals surface area contributed by atoms with Crippen LogP contribution in [0, 0.1) is 6.92 Å². The van der Waals surface area contributed by atoms with Crippen molar-refractivity contribution in [1.29, 1.82) is 0 Å². The van der Waals surface area contributed by atoms with Crippen LogP contribution in [0.25, 0.3) is 16.5 Å². The third-order valence-corrected chi connectivity index (χ3v) is 6.45. The largest absolute Gasteiger partial charge is 0.263 e. The Kier molecular flexibility index (Phi) is 4.90. The van der Waals surface area contributed by atoms with E-state index >= 15 is 0 Å². The Morgan fingerprint density at radius 2 is 1.53 bits per heavy atom. The predicted octanol–water partition coefficient (Wildman–Crippen LogP) is 5.43. The molecule has 0 saturated heterocycles. The van der Waals surface area contributed by atoms with Gasteiger partial charge in [-0.1, -0.05) is 63.2 Å². The topological polar surface area (TPSA) is 64.0 Å². The van der Waals surface area contributed by atoms with Crippen LogP contribution in [0.1, 0.15) is 32.0 Å². The first-order valence-electron chi connectivity index (χ1n) is 9.83. The molecule has 6 heteroatoms. The normalized spacial score (nSPS) is 12.3. The van der Waals surface area contributed by atoms with Gasteiger partial charge < -0.3 is 0 Å². The quantitative estimate of drug-likeness (QED) is 0.479. The Balaban J connectivity index is 1.69. The highest BCUT2D eigenvalue weighted by atomic mass is 32.2. The molecule has 0 saturated carbocycles. The molecule has 0 aliphatic carbocycles. The summed E-state index contributed by atoms with van der Waals surface area (Å²) in [5, 5.41) is 6.68. The maximum atomic E-state index is 13.0. The molecular weight excluding hydrogens is 394 g/mol. The van der Waals surface area contributed by atoms with Crippen LogP contribution in [0.4, 0.5) is 5.82 Å². The third kappa shape index (κ3) is 3.96. The first kappa shape index (κ1) is 20.2. The van der Waals surface area contributed by atoms with Crippen LogP contribution in [-0.4, -0.2) is 18.2 Å². The highest BCUT2D eigenvalue weighted by molar-refractivity contribution is 7.92. The van der Waals surface area contributed by atoms with E-state index in [0.29, 0.717) is 5.82 Å². The maximum absolute atomic E-state index is 13.0. The van der Waals surface area contributed by atoms with Gasteiger partial charge in [0, 0.05) is 6.07 Å². The van der Waals surface area contributed by atoms with Gasteiger partial charge in [-0.05, 0) is 52.9 Å². The summed E-state index contributed by atoms with van der Waals surface area (Å²) in [6.07, 6.45) is 0. The molecule has 0 fully saturated rings. The van der Waals surface area contributed by atoms with E-state index in [-0.39, 0.29) is 10.3 Å². The van der Waals surface area contributed by atoms with Crippen molar-refractivity contribution in [2.24, 2.45) is 0 Å². The summed E-state index contributed by atoms with van der Waals surface area (Å²) >= 11 is 0. The number of nitrogens with one attached hydrogen (secondary N) is 1. The summed E-state index contributed by atoms with van der Waals surface area (Å²) < 4.78 is 30.4. The lowest BCUT2D eigenvalue weighted by atomic mass is 9.87. The molecule has 5 nitrogen and oxygen atoms in total. The highest BCUT2D eigenvalue weighted by Gasteiger charge is 2.20. The molecule has 0 bridgehead atoms. The molecule has 0 atom stereocenters. The van der Waals surface area contributed by atoms with Gasteiger partial charge in [-0.2, -0.15) is 5.10 Å². The average molecular weight is 420 g/mol. The Morgan fingerprint density at radius 1 is 0.867 bits per heavy atom. The van der Waals surface area contributed by atoms with E-state index in [1.165, 1.54) is 0 Å². The number of hydrogen-bond acceptors (Lipinski definition) is 3. The van der Waals surface area contributed by atoms with Gasteiger partial charge in [-0.25, -0.2) is 13.1 Å². The van der Waals surface area contributed by atoms with Crippen LogP contribution in [0.15, 0.2) is 77.7 Å². The van der Waals surface area contributed by atoms with Crippen LogP contribution in [0.2, 0.25) is 0 Å². The van der Waals surface area contributed by atoms with Crippen molar-refractivity contribution in [3.05, 3.63) is 84.1 Å². The van der Waals surface area contributed by atoms with Crippen LogP contribution in [-0.2, 0) is 15.4 Å². The van der Waals surface area contributed by atoms with Gasteiger partial charge >= 0.3 is 0 Å². The molecule has 3 aromatic carbocycles. The minimum atomic E-state index is -3.75. The van der Waals surface area contributed by atoms with Gasteiger partial charge in [-0.15, -0.1) is 0 Å². The average Bonchev–Trinajstić information content (AvgIpc) is 3.06. The van der Waals surface area contributed by atoms with E-state index in [0.717, 1.165) is 27.7 Å². The molecule has 4 aromatic rings.